The van der Waals surface area contributed by atoms with Gasteiger partial charge in [-0.2, -0.15) is 5.10 Å². The summed E-state index contributed by atoms with van der Waals surface area (Å²) in [5.74, 6) is 1.90. The molecule has 0 aliphatic carbocycles. The Labute approximate surface area is 191 Å². The average Bonchev–Trinajstić information content (AvgIpc) is 3.07. The highest BCUT2D eigenvalue weighted by atomic mass is 35.5. The molecule has 1 atom stereocenters. The third-order valence-electron chi connectivity index (χ3n) is 5.25. The van der Waals surface area contributed by atoms with Crippen LogP contribution in [-0.4, -0.2) is 52.8 Å². The highest BCUT2D eigenvalue weighted by Gasteiger charge is 2.22. The molecule has 1 saturated heterocycles. The molecule has 0 amide bonds. The van der Waals surface area contributed by atoms with Crippen LogP contribution in [-0.2, 0) is 11.8 Å². The van der Waals surface area contributed by atoms with Gasteiger partial charge in [-0.05, 0) is 38.3 Å². The van der Waals surface area contributed by atoms with Crippen LogP contribution in [0.3, 0.4) is 0 Å². The van der Waals surface area contributed by atoms with E-state index in [0.717, 1.165) is 31.7 Å². The lowest BCUT2D eigenvalue weighted by molar-refractivity contribution is -0.00421. The smallest absolute Gasteiger partial charge is 0.158 e. The van der Waals surface area contributed by atoms with Crippen molar-refractivity contribution < 1.29 is 9.47 Å². The van der Waals surface area contributed by atoms with E-state index in [2.05, 4.69) is 25.7 Å². The number of rotatable bonds is 7. The molecular formula is C21H26Cl2N6O2. The molecule has 10 heteroatoms. The van der Waals surface area contributed by atoms with Crippen molar-refractivity contribution in [1.82, 2.24) is 25.1 Å². The van der Waals surface area contributed by atoms with E-state index in [9.17, 15) is 0 Å². The molecule has 1 aliphatic rings. The summed E-state index contributed by atoms with van der Waals surface area (Å²) in [5, 5.41) is 12.4. The van der Waals surface area contributed by atoms with E-state index in [1.165, 1.54) is 6.42 Å². The van der Waals surface area contributed by atoms with E-state index < -0.39 is 0 Å². The fourth-order valence-corrected chi connectivity index (χ4v) is 4.44. The predicted molar refractivity (Wildman–Crippen MR) is 123 cm³/mol. The van der Waals surface area contributed by atoms with Gasteiger partial charge >= 0.3 is 0 Å². The lowest BCUT2D eigenvalue weighted by Gasteiger charge is -2.23. The van der Waals surface area contributed by atoms with Crippen LogP contribution in [0.4, 0.5) is 5.82 Å². The van der Waals surface area contributed by atoms with Gasteiger partial charge in [0.1, 0.15) is 23.3 Å². The van der Waals surface area contributed by atoms with Crippen LogP contribution in [0.25, 0.3) is 22.3 Å². The minimum absolute atomic E-state index is 0.128. The molecule has 31 heavy (non-hydrogen) atoms. The lowest BCUT2D eigenvalue weighted by atomic mass is 10.1. The average molecular weight is 465 g/mol. The van der Waals surface area contributed by atoms with E-state index >= 15 is 0 Å². The standard InChI is InChI=1S/C21H26Cl2N6O2/c1-12-26-18-19(21(27-12)25-8-7-24-16-6-4-5-9-31-16)28-29(2)20(18)17-14(22)10-13(30-3)11-15(17)23/h10-11,16,24H,4-9H2,1-3H3,(H,25,26,27). The monoisotopic (exact) mass is 464 g/mol. The largest absolute Gasteiger partial charge is 0.497 e. The Morgan fingerprint density at radius 2 is 1.94 bits per heavy atom. The minimum atomic E-state index is 0.128. The van der Waals surface area contributed by atoms with Gasteiger partial charge in [0.2, 0.25) is 0 Å². The number of aryl methyl sites for hydroxylation is 2. The van der Waals surface area contributed by atoms with Crippen LogP contribution in [0.1, 0.15) is 25.1 Å². The number of nitrogens with zero attached hydrogens (tertiary/aromatic N) is 4. The maximum Gasteiger partial charge on any atom is 0.158 e. The van der Waals surface area contributed by atoms with E-state index in [-0.39, 0.29) is 6.23 Å². The van der Waals surface area contributed by atoms with Crippen molar-refractivity contribution in [2.75, 3.05) is 32.1 Å². The topological polar surface area (TPSA) is 86.1 Å². The number of anilines is 1. The van der Waals surface area contributed by atoms with Crippen molar-refractivity contribution in [3.63, 3.8) is 0 Å². The van der Waals surface area contributed by atoms with Crippen LogP contribution in [0, 0.1) is 6.92 Å². The van der Waals surface area contributed by atoms with Crippen molar-refractivity contribution in [2.24, 2.45) is 7.05 Å². The quantitative estimate of drug-likeness (QED) is 0.507. The number of hydrogen-bond acceptors (Lipinski definition) is 7. The summed E-state index contributed by atoms with van der Waals surface area (Å²) in [6.07, 6.45) is 3.51. The number of methoxy groups -OCH3 is 1. The highest BCUT2D eigenvalue weighted by Crippen LogP contribution is 2.41. The minimum Gasteiger partial charge on any atom is -0.497 e. The SMILES string of the molecule is COc1cc(Cl)c(-c2c3nc(C)nc(NCCNC4CCCCO4)c3nn2C)c(Cl)c1. The first-order valence-corrected chi connectivity index (χ1v) is 11.1. The molecule has 1 aromatic carbocycles. The summed E-state index contributed by atoms with van der Waals surface area (Å²) in [6.45, 7) is 4.11. The molecule has 3 aromatic rings. The molecule has 1 fully saturated rings. The molecule has 2 aromatic heterocycles. The van der Waals surface area contributed by atoms with E-state index in [4.69, 9.17) is 32.7 Å². The molecule has 166 valence electrons. The van der Waals surface area contributed by atoms with Gasteiger partial charge in [0, 0.05) is 32.3 Å². The zero-order valence-corrected chi connectivity index (χ0v) is 19.3. The van der Waals surface area contributed by atoms with Gasteiger partial charge in [-0.25, -0.2) is 9.97 Å². The Morgan fingerprint density at radius 3 is 2.61 bits per heavy atom. The fourth-order valence-electron chi connectivity index (χ4n) is 3.79. The molecule has 3 heterocycles. The zero-order valence-electron chi connectivity index (χ0n) is 17.8. The normalized spacial score (nSPS) is 16.6. The Bertz CT molecular complexity index is 1060. The predicted octanol–water partition coefficient (Wildman–Crippen LogP) is 4.18. The number of aromatic nitrogens is 4. The Balaban J connectivity index is 1.61. The van der Waals surface area contributed by atoms with E-state index in [1.54, 1.807) is 23.9 Å². The Morgan fingerprint density at radius 1 is 1.16 bits per heavy atom. The second-order valence-corrected chi connectivity index (χ2v) is 8.31. The molecule has 0 bridgehead atoms. The molecule has 0 saturated carbocycles. The maximum absolute atomic E-state index is 6.55. The summed E-state index contributed by atoms with van der Waals surface area (Å²) < 4.78 is 12.7. The molecule has 2 N–H and O–H groups in total. The number of nitrogens with one attached hydrogen (secondary N) is 2. The van der Waals surface area contributed by atoms with Crippen LogP contribution < -0.4 is 15.4 Å². The van der Waals surface area contributed by atoms with Crippen LogP contribution in [0.15, 0.2) is 12.1 Å². The Kier molecular flexibility index (Phi) is 6.81. The zero-order chi connectivity index (χ0) is 22.0. The third kappa shape index (κ3) is 4.72. The van der Waals surface area contributed by atoms with Crippen LogP contribution >= 0.6 is 23.2 Å². The summed E-state index contributed by atoms with van der Waals surface area (Å²) in [7, 11) is 3.42. The van der Waals surface area contributed by atoms with Crippen molar-refractivity contribution in [2.45, 2.75) is 32.4 Å². The molecule has 1 unspecified atom stereocenters. The van der Waals surface area contributed by atoms with Crippen molar-refractivity contribution in [3.05, 3.63) is 28.0 Å². The first kappa shape index (κ1) is 22.1. The van der Waals surface area contributed by atoms with Crippen LogP contribution in [0.5, 0.6) is 5.75 Å². The summed E-state index contributed by atoms with van der Waals surface area (Å²) in [6, 6.07) is 3.46. The summed E-state index contributed by atoms with van der Waals surface area (Å²) in [5.41, 5.74) is 2.75. The fraction of sp³-hybridized carbons (Fsp3) is 0.476. The first-order valence-electron chi connectivity index (χ1n) is 10.3. The van der Waals surface area contributed by atoms with Gasteiger partial charge in [-0.15, -0.1) is 0 Å². The van der Waals surface area contributed by atoms with Gasteiger partial charge in [0.05, 0.1) is 22.8 Å². The number of fused-ring (bicyclic) bond motifs is 1. The highest BCUT2D eigenvalue weighted by molar-refractivity contribution is 6.39. The number of ether oxygens (including phenoxy) is 2. The van der Waals surface area contributed by atoms with Crippen molar-refractivity contribution in [3.8, 4) is 17.0 Å². The molecule has 1 aliphatic heterocycles. The molecular weight excluding hydrogens is 439 g/mol. The first-order chi connectivity index (χ1) is 15.0. The summed E-state index contributed by atoms with van der Waals surface area (Å²) >= 11 is 13.1. The van der Waals surface area contributed by atoms with E-state index in [1.807, 2.05) is 14.0 Å². The van der Waals surface area contributed by atoms with Crippen LogP contribution in [0.2, 0.25) is 10.0 Å². The van der Waals surface area contributed by atoms with Gasteiger partial charge in [0.15, 0.2) is 11.3 Å². The molecule has 8 nitrogen and oxygen atoms in total. The van der Waals surface area contributed by atoms with E-state index in [0.29, 0.717) is 50.6 Å². The van der Waals surface area contributed by atoms with Gasteiger partial charge in [0.25, 0.3) is 0 Å². The second-order valence-electron chi connectivity index (χ2n) is 7.49. The third-order valence-corrected chi connectivity index (χ3v) is 5.85. The molecule has 0 radical (unpaired) electrons. The summed E-state index contributed by atoms with van der Waals surface area (Å²) in [4.78, 5) is 9.20. The van der Waals surface area contributed by atoms with Gasteiger partial charge in [-0.3, -0.25) is 10.00 Å². The van der Waals surface area contributed by atoms with Gasteiger partial charge < -0.3 is 14.8 Å². The van der Waals surface area contributed by atoms with Crippen molar-refractivity contribution in [1.29, 1.82) is 0 Å². The maximum atomic E-state index is 6.55. The molecule has 0 spiro atoms. The van der Waals surface area contributed by atoms with Crippen molar-refractivity contribution >= 4 is 40.1 Å². The number of hydrogen-bond donors (Lipinski definition) is 2. The lowest BCUT2D eigenvalue weighted by Crippen LogP contribution is -2.37. The van der Waals surface area contributed by atoms with Gasteiger partial charge in [-0.1, -0.05) is 23.2 Å². The second kappa shape index (κ2) is 9.56. The number of halogens is 2. The number of benzene rings is 1. The Hall–Kier alpha value is -2.13. The molecule has 4 rings (SSSR count).